The summed E-state index contributed by atoms with van der Waals surface area (Å²) in [6.07, 6.45) is 8.90. The fraction of sp³-hybridized carbons (Fsp3) is 0.433. The maximum Gasteiger partial charge on any atom is 0.248 e. The van der Waals surface area contributed by atoms with Crippen LogP contribution in [0.15, 0.2) is 47.3 Å². The summed E-state index contributed by atoms with van der Waals surface area (Å²) >= 11 is 3.36. The van der Waals surface area contributed by atoms with Gasteiger partial charge in [-0.15, -0.1) is 0 Å². The number of benzene rings is 1. The van der Waals surface area contributed by atoms with E-state index in [0.717, 1.165) is 29.1 Å². The van der Waals surface area contributed by atoms with Gasteiger partial charge in [-0.05, 0) is 89.2 Å². The number of likely N-dealkylation sites (tertiary alicyclic amines) is 1. The predicted molar refractivity (Wildman–Crippen MR) is 158 cm³/mol. The lowest BCUT2D eigenvalue weighted by molar-refractivity contribution is -0.141. The van der Waals surface area contributed by atoms with Crippen molar-refractivity contribution in [3.05, 3.63) is 52.9 Å². The second kappa shape index (κ2) is 9.54. The van der Waals surface area contributed by atoms with E-state index in [0.29, 0.717) is 34.2 Å². The summed E-state index contributed by atoms with van der Waals surface area (Å²) in [5.41, 5.74) is 9.18. The lowest BCUT2D eigenvalue weighted by atomic mass is 9.66. The number of amides is 2. The van der Waals surface area contributed by atoms with Gasteiger partial charge < -0.3 is 20.5 Å². The summed E-state index contributed by atoms with van der Waals surface area (Å²) in [6.45, 7) is 2.26. The van der Waals surface area contributed by atoms with Crippen molar-refractivity contribution in [3.63, 3.8) is 0 Å². The van der Waals surface area contributed by atoms with Gasteiger partial charge in [0, 0.05) is 11.4 Å². The molecule has 4 aromatic rings. The van der Waals surface area contributed by atoms with Gasteiger partial charge in [0.2, 0.25) is 11.8 Å². The fourth-order valence-corrected chi connectivity index (χ4v) is 7.68. The minimum Gasteiger partial charge on any atom is -0.383 e. The smallest absolute Gasteiger partial charge is 0.248 e. The average molecular weight is 603 g/mol. The quantitative estimate of drug-likeness (QED) is 0.296. The Morgan fingerprint density at radius 3 is 2.73 bits per heavy atom. The molecule has 206 valence electrons. The first-order valence-electron chi connectivity index (χ1n) is 14.1. The van der Waals surface area contributed by atoms with Gasteiger partial charge in [0.25, 0.3) is 0 Å². The van der Waals surface area contributed by atoms with Crippen LogP contribution in [0.2, 0.25) is 0 Å². The van der Waals surface area contributed by atoms with Crippen molar-refractivity contribution in [2.75, 3.05) is 11.1 Å². The number of hydrogen-bond acceptors (Lipinski definition) is 6. The molecule has 3 fully saturated rings. The fourth-order valence-electron chi connectivity index (χ4n) is 7.34. The Bertz CT molecular complexity index is 1660. The van der Waals surface area contributed by atoms with E-state index in [1.807, 2.05) is 15.5 Å². The molecule has 9 nitrogen and oxygen atoms in total. The second-order valence-electron chi connectivity index (χ2n) is 11.9. The zero-order valence-electron chi connectivity index (χ0n) is 22.4. The zero-order valence-corrected chi connectivity index (χ0v) is 24.0. The number of rotatable bonds is 5. The Kier molecular flexibility index (Phi) is 6.07. The molecule has 3 aromatic heterocycles. The number of nitrogens with two attached hydrogens (primary N) is 1. The van der Waals surface area contributed by atoms with Crippen LogP contribution in [0.1, 0.15) is 63.4 Å². The standard InChI is InChI=1S/C30H32BrN7O2/c1-30-12-11-22(30)38(21(14-30)29(40)36-24-8-4-7-23(31)35-24)25(39)15-37-20-10-9-18(17-5-2-3-6-17)13-19(20)26-27(32)33-16-34-28(26)37/h4,7-10,13,16-17,21-22H,2-3,5-6,11-12,14-15H2,1H3,(H2,32,33,34)(H,35,36,40)/t21-,22+,30+/m0/s1. The summed E-state index contributed by atoms with van der Waals surface area (Å²) in [7, 11) is 0. The molecule has 2 saturated carbocycles. The van der Waals surface area contributed by atoms with Crippen LogP contribution < -0.4 is 11.1 Å². The van der Waals surface area contributed by atoms with Gasteiger partial charge in [0.1, 0.15) is 40.8 Å². The van der Waals surface area contributed by atoms with E-state index in [1.165, 1.54) is 37.6 Å². The molecule has 3 aliphatic rings. The van der Waals surface area contributed by atoms with E-state index < -0.39 is 6.04 Å². The molecule has 1 saturated heterocycles. The van der Waals surface area contributed by atoms with E-state index in [2.05, 4.69) is 61.3 Å². The summed E-state index contributed by atoms with van der Waals surface area (Å²) in [5, 5.41) is 4.71. The van der Waals surface area contributed by atoms with Crippen molar-refractivity contribution in [3.8, 4) is 0 Å². The Labute approximate surface area is 240 Å². The Morgan fingerprint density at radius 2 is 1.98 bits per heavy atom. The number of fused-ring (bicyclic) bond motifs is 4. The SMILES string of the molecule is C[C@]12CC[C@H]1N(C(=O)Cn1c3ccc(C4CCCC4)cc3c3c(N)ncnc31)[C@H](C(=O)Nc1cccc(Br)n1)C2. The zero-order chi connectivity index (χ0) is 27.6. The molecule has 1 aromatic carbocycles. The number of pyridine rings is 1. The van der Waals surface area contributed by atoms with Crippen LogP contribution in [0.5, 0.6) is 0 Å². The van der Waals surface area contributed by atoms with E-state index in [9.17, 15) is 9.59 Å². The highest BCUT2D eigenvalue weighted by molar-refractivity contribution is 9.10. The van der Waals surface area contributed by atoms with Gasteiger partial charge in [0.15, 0.2) is 0 Å². The van der Waals surface area contributed by atoms with Gasteiger partial charge in [-0.1, -0.05) is 31.9 Å². The number of carbonyl (C=O) groups excluding carboxylic acids is 2. The van der Waals surface area contributed by atoms with Crippen LogP contribution in [0.4, 0.5) is 11.6 Å². The van der Waals surface area contributed by atoms with E-state index >= 15 is 0 Å². The lowest BCUT2D eigenvalue weighted by Crippen LogP contribution is -2.52. The number of halogens is 1. The molecule has 10 heteroatoms. The maximum absolute atomic E-state index is 14.1. The van der Waals surface area contributed by atoms with Gasteiger partial charge in [-0.2, -0.15) is 0 Å². The van der Waals surface area contributed by atoms with E-state index in [4.69, 9.17) is 5.73 Å². The first-order chi connectivity index (χ1) is 19.3. The number of carbonyl (C=O) groups is 2. The first kappa shape index (κ1) is 25.4. The third kappa shape index (κ3) is 4.06. The van der Waals surface area contributed by atoms with E-state index in [-0.39, 0.29) is 29.8 Å². The Hall–Kier alpha value is -3.53. The van der Waals surface area contributed by atoms with Crippen molar-refractivity contribution in [1.29, 1.82) is 0 Å². The van der Waals surface area contributed by atoms with E-state index in [1.54, 1.807) is 12.1 Å². The molecule has 2 aliphatic carbocycles. The largest absolute Gasteiger partial charge is 0.383 e. The predicted octanol–water partition coefficient (Wildman–Crippen LogP) is 5.39. The molecule has 0 bridgehead atoms. The molecule has 4 heterocycles. The molecule has 3 atom stereocenters. The monoisotopic (exact) mass is 601 g/mol. The van der Waals surface area contributed by atoms with Crippen LogP contribution in [-0.4, -0.2) is 48.3 Å². The molecule has 7 rings (SSSR count). The molecular formula is C30H32BrN7O2. The third-order valence-corrected chi connectivity index (χ3v) is 9.94. The molecule has 0 radical (unpaired) electrons. The number of nitrogens with one attached hydrogen (secondary N) is 1. The Balaban J connectivity index is 1.24. The van der Waals surface area contributed by atoms with Crippen LogP contribution in [0.3, 0.4) is 0 Å². The van der Waals surface area contributed by atoms with Crippen molar-refractivity contribution in [2.24, 2.45) is 5.41 Å². The van der Waals surface area contributed by atoms with Crippen molar-refractivity contribution in [2.45, 2.75) is 76.4 Å². The molecule has 0 unspecified atom stereocenters. The number of anilines is 2. The Morgan fingerprint density at radius 1 is 1.15 bits per heavy atom. The number of aromatic nitrogens is 4. The van der Waals surface area contributed by atoms with Crippen molar-refractivity contribution >= 4 is 61.3 Å². The number of nitrogens with zero attached hydrogens (tertiary/aromatic N) is 5. The number of nitrogen functional groups attached to an aromatic ring is 1. The first-order valence-corrected chi connectivity index (χ1v) is 14.9. The van der Waals surface area contributed by atoms with Crippen molar-refractivity contribution in [1.82, 2.24) is 24.4 Å². The highest BCUT2D eigenvalue weighted by Crippen LogP contribution is 2.54. The average Bonchev–Trinajstić information content (AvgIpc) is 3.61. The summed E-state index contributed by atoms with van der Waals surface area (Å²) in [6, 6.07) is 11.3. The topological polar surface area (TPSA) is 119 Å². The summed E-state index contributed by atoms with van der Waals surface area (Å²) < 4.78 is 2.59. The highest BCUT2D eigenvalue weighted by Gasteiger charge is 2.58. The highest BCUT2D eigenvalue weighted by atomic mass is 79.9. The summed E-state index contributed by atoms with van der Waals surface area (Å²) in [4.78, 5) is 42.7. The molecular weight excluding hydrogens is 570 g/mol. The summed E-state index contributed by atoms with van der Waals surface area (Å²) in [5.74, 6) is 1.13. The number of hydrogen-bond donors (Lipinski definition) is 2. The van der Waals surface area contributed by atoms with Crippen LogP contribution in [0.25, 0.3) is 21.9 Å². The second-order valence-corrected chi connectivity index (χ2v) is 12.7. The normalized spacial score (nSPS) is 24.4. The van der Waals surface area contributed by atoms with Crippen LogP contribution in [0, 0.1) is 5.41 Å². The van der Waals surface area contributed by atoms with Crippen molar-refractivity contribution < 1.29 is 9.59 Å². The van der Waals surface area contributed by atoms with Gasteiger partial charge in [-0.3, -0.25) is 9.59 Å². The molecule has 1 aliphatic heterocycles. The minimum atomic E-state index is -0.562. The van der Waals surface area contributed by atoms with Crippen LogP contribution >= 0.6 is 15.9 Å². The third-order valence-electron chi connectivity index (χ3n) is 9.49. The molecule has 2 amide bonds. The van der Waals surface area contributed by atoms with Gasteiger partial charge >= 0.3 is 0 Å². The molecule has 40 heavy (non-hydrogen) atoms. The minimum absolute atomic E-state index is 0.0352. The molecule has 3 N–H and O–H groups in total. The van der Waals surface area contributed by atoms with Crippen LogP contribution in [-0.2, 0) is 16.1 Å². The molecule has 0 spiro atoms. The van der Waals surface area contributed by atoms with Gasteiger partial charge in [0.05, 0.1) is 10.9 Å². The van der Waals surface area contributed by atoms with Gasteiger partial charge in [-0.25, -0.2) is 15.0 Å². The lowest BCUT2D eigenvalue weighted by Gasteiger charge is -2.44. The maximum atomic E-state index is 14.1.